The van der Waals surface area contributed by atoms with Crippen molar-refractivity contribution in [2.75, 3.05) is 10.5 Å². The van der Waals surface area contributed by atoms with Crippen LogP contribution in [-0.2, 0) is 10.0 Å². The quantitative estimate of drug-likeness (QED) is 0.165. The number of rotatable bonds is 8. The number of anilines is 2. The summed E-state index contributed by atoms with van der Waals surface area (Å²) < 4.78 is 91.1. The summed E-state index contributed by atoms with van der Waals surface area (Å²) in [7, 11) is -3.72. The normalized spacial score (nSPS) is 13.5. The van der Waals surface area contributed by atoms with Crippen LogP contribution < -0.4 is 15.2 Å². The fourth-order valence-corrected chi connectivity index (χ4v) is 5.67. The largest absolute Gasteiger partial charge is 0.454 e. The standard InChI is InChI=1S/C27H19F4N5O4S/c28-17-3-1-2-4-24(17)40-14-9-19(30)25(20(31)10-14)36-27(32)16(12-33-36)26(37)23-8-13-7-18(29)22(11-21(13)34-23)35-41(38,39)15-5-6-15/h1-4,7-12,15,34-35H,5-6,32H2. The Balaban J connectivity index is 1.29. The van der Waals surface area contributed by atoms with Crippen molar-refractivity contribution in [1.82, 2.24) is 14.8 Å². The molecule has 9 nitrogen and oxygen atoms in total. The van der Waals surface area contributed by atoms with E-state index in [1.165, 1.54) is 30.3 Å². The summed E-state index contributed by atoms with van der Waals surface area (Å²) in [5.41, 5.74) is 5.08. The zero-order valence-electron chi connectivity index (χ0n) is 20.8. The van der Waals surface area contributed by atoms with Crippen LogP contribution in [0.15, 0.2) is 60.8 Å². The molecule has 1 aliphatic carbocycles. The SMILES string of the molecule is Nc1c(C(=O)c2cc3cc(F)c(NS(=O)(=O)C4CC4)cc3[nH]2)cnn1-c1c(F)cc(Oc2ccccc2F)cc1F. The Hall–Kier alpha value is -4.85. The smallest absolute Gasteiger partial charge is 0.235 e. The number of benzene rings is 3. The molecule has 1 fully saturated rings. The second kappa shape index (κ2) is 9.66. The number of carbonyl (C=O) groups is 1. The van der Waals surface area contributed by atoms with Crippen LogP contribution in [0.5, 0.6) is 11.5 Å². The number of nitrogens with one attached hydrogen (secondary N) is 2. The maximum atomic E-state index is 15.0. The number of aromatic amines is 1. The monoisotopic (exact) mass is 585 g/mol. The number of H-pyrrole nitrogens is 1. The van der Waals surface area contributed by atoms with Crippen molar-refractivity contribution in [3.63, 3.8) is 0 Å². The lowest BCUT2D eigenvalue weighted by Gasteiger charge is -2.11. The summed E-state index contributed by atoms with van der Waals surface area (Å²) in [6, 6.07) is 10.6. The molecule has 0 aliphatic heterocycles. The first-order valence-electron chi connectivity index (χ1n) is 12.2. The van der Waals surface area contributed by atoms with Crippen molar-refractivity contribution in [3.05, 3.63) is 95.3 Å². The number of nitrogens with two attached hydrogens (primary N) is 1. The van der Waals surface area contributed by atoms with Crippen molar-refractivity contribution in [3.8, 4) is 17.2 Å². The molecule has 0 radical (unpaired) electrons. The number of halogens is 4. The molecular formula is C27H19F4N5O4S. The summed E-state index contributed by atoms with van der Waals surface area (Å²) in [5, 5.41) is 3.57. The molecule has 14 heteroatoms. The van der Waals surface area contributed by atoms with E-state index in [4.69, 9.17) is 10.5 Å². The summed E-state index contributed by atoms with van der Waals surface area (Å²) in [4.78, 5) is 16.0. The van der Waals surface area contributed by atoms with Gasteiger partial charge in [0.1, 0.15) is 23.1 Å². The zero-order valence-corrected chi connectivity index (χ0v) is 21.6. The van der Waals surface area contributed by atoms with Gasteiger partial charge in [-0.1, -0.05) is 12.1 Å². The zero-order chi connectivity index (χ0) is 29.1. The van der Waals surface area contributed by atoms with Gasteiger partial charge < -0.3 is 15.5 Å². The van der Waals surface area contributed by atoms with E-state index in [9.17, 15) is 30.8 Å². The van der Waals surface area contributed by atoms with Gasteiger partial charge in [-0.05, 0) is 43.2 Å². The second-order valence-corrected chi connectivity index (χ2v) is 11.4. The van der Waals surface area contributed by atoms with Crippen LogP contribution >= 0.6 is 0 Å². The molecule has 3 aromatic carbocycles. The molecule has 4 N–H and O–H groups in total. The number of nitrogen functional groups attached to an aromatic ring is 1. The average Bonchev–Trinajstić information content (AvgIpc) is 3.61. The van der Waals surface area contributed by atoms with Gasteiger partial charge in [-0.15, -0.1) is 0 Å². The highest BCUT2D eigenvalue weighted by atomic mass is 32.2. The lowest BCUT2D eigenvalue weighted by Crippen LogP contribution is -2.18. The van der Waals surface area contributed by atoms with Crippen LogP contribution in [0.25, 0.3) is 16.6 Å². The highest BCUT2D eigenvalue weighted by Gasteiger charge is 2.36. The minimum Gasteiger partial charge on any atom is -0.454 e. The second-order valence-electron chi connectivity index (χ2n) is 9.40. The first-order valence-corrected chi connectivity index (χ1v) is 13.7. The number of ether oxygens (including phenoxy) is 1. The van der Waals surface area contributed by atoms with Gasteiger partial charge >= 0.3 is 0 Å². The fraction of sp³-hybridized carbons (Fsp3) is 0.111. The molecule has 6 rings (SSSR count). The predicted molar refractivity (Wildman–Crippen MR) is 142 cm³/mol. The summed E-state index contributed by atoms with van der Waals surface area (Å²) in [6.45, 7) is 0. The van der Waals surface area contributed by atoms with Crippen molar-refractivity contribution in [2.24, 2.45) is 0 Å². The van der Waals surface area contributed by atoms with Crippen molar-refractivity contribution < 1.29 is 35.5 Å². The van der Waals surface area contributed by atoms with Crippen LogP contribution in [0.3, 0.4) is 0 Å². The Labute approximate surface area is 229 Å². The van der Waals surface area contributed by atoms with E-state index < -0.39 is 55.8 Å². The highest BCUT2D eigenvalue weighted by molar-refractivity contribution is 7.93. The van der Waals surface area contributed by atoms with Gasteiger partial charge in [0.15, 0.2) is 23.2 Å². The molecule has 210 valence electrons. The lowest BCUT2D eigenvalue weighted by atomic mass is 10.1. The molecule has 0 atom stereocenters. The molecule has 0 unspecified atom stereocenters. The first kappa shape index (κ1) is 26.4. The average molecular weight is 586 g/mol. The summed E-state index contributed by atoms with van der Waals surface area (Å²) >= 11 is 0. The topological polar surface area (TPSA) is 132 Å². The van der Waals surface area contributed by atoms with E-state index in [1.54, 1.807) is 0 Å². The number of nitrogens with zero attached hydrogens (tertiary/aromatic N) is 2. The van der Waals surface area contributed by atoms with Gasteiger partial charge in [0, 0.05) is 23.0 Å². The molecule has 2 aromatic heterocycles. The summed E-state index contributed by atoms with van der Waals surface area (Å²) in [6.07, 6.45) is 2.01. The van der Waals surface area contributed by atoms with Crippen molar-refractivity contribution in [1.29, 1.82) is 0 Å². The molecule has 0 bridgehead atoms. The maximum Gasteiger partial charge on any atom is 0.235 e. The summed E-state index contributed by atoms with van der Waals surface area (Å²) in [5.74, 6) is -5.52. The van der Waals surface area contributed by atoms with Gasteiger partial charge in [-0.3, -0.25) is 9.52 Å². The van der Waals surface area contributed by atoms with E-state index in [2.05, 4.69) is 14.8 Å². The van der Waals surface area contributed by atoms with E-state index in [1.807, 2.05) is 0 Å². The molecule has 0 spiro atoms. The van der Waals surface area contributed by atoms with Gasteiger partial charge in [0.05, 0.1) is 28.4 Å². The third-order valence-electron chi connectivity index (χ3n) is 6.49. The Morgan fingerprint density at radius 2 is 1.71 bits per heavy atom. The molecule has 1 aliphatic rings. The maximum absolute atomic E-state index is 15.0. The van der Waals surface area contributed by atoms with Crippen molar-refractivity contribution >= 4 is 38.2 Å². The molecule has 0 amide bonds. The van der Waals surface area contributed by atoms with E-state index >= 15 is 0 Å². The fourth-order valence-electron chi connectivity index (χ4n) is 4.28. The molecule has 2 heterocycles. The lowest BCUT2D eigenvalue weighted by molar-refractivity contribution is 0.103. The number of hydrogen-bond acceptors (Lipinski definition) is 6. The van der Waals surface area contributed by atoms with Gasteiger partial charge in [-0.2, -0.15) is 5.10 Å². The molecular weight excluding hydrogens is 566 g/mol. The minimum absolute atomic E-state index is 0.0533. The van der Waals surface area contributed by atoms with Crippen LogP contribution in [-0.4, -0.2) is 34.2 Å². The third kappa shape index (κ3) is 4.86. The Kier molecular flexibility index (Phi) is 6.21. The number of para-hydroxylation sites is 1. The molecule has 41 heavy (non-hydrogen) atoms. The number of sulfonamides is 1. The first-order chi connectivity index (χ1) is 19.5. The Morgan fingerprint density at radius 3 is 2.39 bits per heavy atom. The van der Waals surface area contributed by atoms with E-state index in [0.717, 1.165) is 30.5 Å². The Morgan fingerprint density at radius 1 is 1.00 bits per heavy atom. The molecule has 1 saturated carbocycles. The number of fused-ring (bicyclic) bond motifs is 1. The minimum atomic E-state index is -3.72. The molecule has 5 aromatic rings. The van der Waals surface area contributed by atoms with Crippen molar-refractivity contribution in [2.45, 2.75) is 18.1 Å². The number of carbonyl (C=O) groups excluding carboxylic acids is 1. The van der Waals surface area contributed by atoms with Gasteiger partial charge in [0.2, 0.25) is 15.8 Å². The van der Waals surface area contributed by atoms with E-state index in [-0.39, 0.29) is 39.3 Å². The van der Waals surface area contributed by atoms with Crippen LogP contribution in [0.4, 0.5) is 29.1 Å². The highest BCUT2D eigenvalue weighted by Crippen LogP contribution is 2.33. The van der Waals surface area contributed by atoms with Crippen LogP contribution in [0, 0.1) is 23.3 Å². The Bertz CT molecular complexity index is 1940. The number of ketones is 1. The van der Waals surface area contributed by atoms with Gasteiger partial charge in [0.25, 0.3) is 0 Å². The number of aromatic nitrogens is 3. The van der Waals surface area contributed by atoms with Crippen LogP contribution in [0.2, 0.25) is 0 Å². The predicted octanol–water partition coefficient (Wildman–Crippen LogP) is 5.42. The van der Waals surface area contributed by atoms with Gasteiger partial charge in [-0.25, -0.2) is 30.7 Å². The van der Waals surface area contributed by atoms with E-state index in [0.29, 0.717) is 17.5 Å². The number of hydrogen-bond donors (Lipinski definition) is 3. The third-order valence-corrected chi connectivity index (χ3v) is 8.34. The molecule has 0 saturated heterocycles. The van der Waals surface area contributed by atoms with Crippen LogP contribution in [0.1, 0.15) is 28.9 Å².